The number of sulfone groups is 1. The quantitative estimate of drug-likeness (QED) is 0.768. The van der Waals surface area contributed by atoms with Crippen LogP contribution in [0.3, 0.4) is 0 Å². The van der Waals surface area contributed by atoms with Crippen molar-refractivity contribution in [3.8, 4) is 0 Å². The first-order valence-corrected chi connectivity index (χ1v) is 7.22. The first kappa shape index (κ1) is 14.4. The second-order valence-electron chi connectivity index (χ2n) is 3.69. The van der Waals surface area contributed by atoms with E-state index >= 15 is 0 Å². The highest BCUT2D eigenvalue weighted by atomic mass is 32.2. The van der Waals surface area contributed by atoms with Gasteiger partial charge in [0.2, 0.25) is 0 Å². The number of anilines is 1. The molecule has 1 aromatic rings. The molecule has 5 nitrogen and oxygen atoms in total. The highest BCUT2D eigenvalue weighted by molar-refractivity contribution is 7.91. The molecule has 0 saturated carbocycles. The molecule has 7 heteroatoms. The van der Waals surface area contributed by atoms with Crippen LogP contribution >= 0.6 is 0 Å². The number of benzene rings is 1. The maximum atomic E-state index is 13.1. The van der Waals surface area contributed by atoms with Gasteiger partial charge in [0.25, 0.3) is 5.91 Å². The van der Waals surface area contributed by atoms with Crippen LogP contribution in [0.25, 0.3) is 0 Å². The van der Waals surface area contributed by atoms with Crippen molar-refractivity contribution in [2.75, 3.05) is 23.8 Å². The van der Waals surface area contributed by atoms with Crippen LogP contribution in [0.2, 0.25) is 0 Å². The second kappa shape index (κ2) is 5.81. The number of nitrogens with two attached hydrogens (primary N) is 1. The number of nitrogen functional groups attached to an aromatic ring is 1. The number of carbonyl (C=O) groups excluding carboxylic acids is 1. The Morgan fingerprint density at radius 1 is 1.44 bits per heavy atom. The van der Waals surface area contributed by atoms with Crippen LogP contribution in [0, 0.1) is 5.82 Å². The SMILES string of the molecule is CCS(=O)(=O)CCNC(=O)c1cccc(F)c1N. The molecule has 0 aromatic heterocycles. The molecule has 1 aromatic carbocycles. The highest BCUT2D eigenvalue weighted by Crippen LogP contribution is 2.15. The lowest BCUT2D eigenvalue weighted by Gasteiger charge is -2.07. The smallest absolute Gasteiger partial charge is 0.253 e. The highest BCUT2D eigenvalue weighted by Gasteiger charge is 2.13. The van der Waals surface area contributed by atoms with Crippen molar-refractivity contribution < 1.29 is 17.6 Å². The predicted octanol–water partition coefficient (Wildman–Crippen LogP) is 0.572. The van der Waals surface area contributed by atoms with Crippen molar-refractivity contribution in [3.05, 3.63) is 29.6 Å². The molecule has 0 bridgehead atoms. The van der Waals surface area contributed by atoms with Crippen LogP contribution in [0.4, 0.5) is 10.1 Å². The number of rotatable bonds is 5. The van der Waals surface area contributed by atoms with Crippen LogP contribution in [0.1, 0.15) is 17.3 Å². The molecule has 100 valence electrons. The number of para-hydroxylation sites is 1. The summed E-state index contributed by atoms with van der Waals surface area (Å²) >= 11 is 0. The van der Waals surface area contributed by atoms with Gasteiger partial charge in [0.15, 0.2) is 9.84 Å². The van der Waals surface area contributed by atoms with E-state index in [-0.39, 0.29) is 29.3 Å². The Bertz CT molecular complexity index is 543. The zero-order chi connectivity index (χ0) is 13.8. The normalized spacial score (nSPS) is 11.2. The summed E-state index contributed by atoms with van der Waals surface area (Å²) < 4.78 is 35.5. The van der Waals surface area contributed by atoms with E-state index in [1.807, 2.05) is 0 Å². The Balaban J connectivity index is 2.64. The van der Waals surface area contributed by atoms with Gasteiger partial charge in [0.05, 0.1) is 17.0 Å². The Hall–Kier alpha value is -1.63. The van der Waals surface area contributed by atoms with E-state index in [0.717, 1.165) is 6.07 Å². The lowest BCUT2D eigenvalue weighted by Crippen LogP contribution is -2.30. The Kier molecular flexibility index (Phi) is 4.66. The zero-order valence-corrected chi connectivity index (χ0v) is 10.8. The summed E-state index contributed by atoms with van der Waals surface area (Å²) in [5.74, 6) is -1.39. The molecular formula is C11H15FN2O3S. The first-order chi connectivity index (χ1) is 8.37. The lowest BCUT2D eigenvalue weighted by atomic mass is 10.1. The molecule has 0 saturated heterocycles. The number of hydrogen-bond acceptors (Lipinski definition) is 4. The third kappa shape index (κ3) is 3.69. The van der Waals surface area contributed by atoms with Gasteiger partial charge in [-0.3, -0.25) is 4.79 Å². The molecular weight excluding hydrogens is 259 g/mol. The van der Waals surface area contributed by atoms with E-state index in [0.29, 0.717) is 0 Å². The third-order valence-corrected chi connectivity index (χ3v) is 4.14. The topological polar surface area (TPSA) is 89.3 Å². The average molecular weight is 274 g/mol. The van der Waals surface area contributed by atoms with Crippen LogP contribution in [0.15, 0.2) is 18.2 Å². The van der Waals surface area contributed by atoms with Gasteiger partial charge in [-0.25, -0.2) is 12.8 Å². The average Bonchev–Trinajstić information content (AvgIpc) is 2.32. The molecule has 3 N–H and O–H groups in total. The summed E-state index contributed by atoms with van der Waals surface area (Å²) in [7, 11) is -3.14. The molecule has 0 fully saturated rings. The van der Waals surface area contributed by atoms with Crippen molar-refractivity contribution in [1.29, 1.82) is 0 Å². The Morgan fingerprint density at radius 3 is 2.72 bits per heavy atom. The molecule has 0 atom stereocenters. The lowest BCUT2D eigenvalue weighted by molar-refractivity contribution is 0.0956. The minimum Gasteiger partial charge on any atom is -0.396 e. The van der Waals surface area contributed by atoms with E-state index in [4.69, 9.17) is 5.73 Å². The van der Waals surface area contributed by atoms with Crippen molar-refractivity contribution >= 4 is 21.4 Å². The maximum absolute atomic E-state index is 13.1. The van der Waals surface area contributed by atoms with Gasteiger partial charge in [-0.1, -0.05) is 13.0 Å². The fourth-order valence-electron chi connectivity index (χ4n) is 1.29. The summed E-state index contributed by atoms with van der Waals surface area (Å²) in [5.41, 5.74) is 5.17. The molecule has 0 spiro atoms. The largest absolute Gasteiger partial charge is 0.396 e. The number of halogens is 1. The standard InChI is InChI=1S/C11H15FN2O3S/c1-2-18(16,17)7-6-14-11(15)8-4-3-5-9(12)10(8)13/h3-5H,2,6-7,13H2,1H3,(H,14,15). The Labute approximate surface area is 105 Å². The minimum atomic E-state index is -3.14. The number of hydrogen-bond donors (Lipinski definition) is 2. The number of carbonyl (C=O) groups is 1. The van der Waals surface area contributed by atoms with Crippen molar-refractivity contribution in [1.82, 2.24) is 5.32 Å². The molecule has 0 unspecified atom stereocenters. The van der Waals surface area contributed by atoms with E-state index < -0.39 is 21.6 Å². The fourth-order valence-corrected chi connectivity index (χ4v) is 2.00. The molecule has 0 heterocycles. The van der Waals surface area contributed by atoms with Gasteiger partial charge in [-0.05, 0) is 12.1 Å². The Morgan fingerprint density at radius 2 is 2.11 bits per heavy atom. The summed E-state index contributed by atoms with van der Waals surface area (Å²) in [4.78, 5) is 11.6. The van der Waals surface area contributed by atoms with E-state index in [1.165, 1.54) is 19.1 Å². The van der Waals surface area contributed by atoms with E-state index in [9.17, 15) is 17.6 Å². The summed E-state index contributed by atoms with van der Waals surface area (Å²) in [6.07, 6.45) is 0. The summed E-state index contributed by atoms with van der Waals surface area (Å²) in [6, 6.07) is 3.89. The van der Waals surface area contributed by atoms with Crippen LogP contribution < -0.4 is 11.1 Å². The number of nitrogens with one attached hydrogen (secondary N) is 1. The molecule has 0 radical (unpaired) electrons. The van der Waals surface area contributed by atoms with Crippen LogP contribution in [-0.2, 0) is 9.84 Å². The van der Waals surface area contributed by atoms with Gasteiger partial charge >= 0.3 is 0 Å². The fraction of sp³-hybridized carbons (Fsp3) is 0.364. The zero-order valence-electron chi connectivity index (χ0n) is 9.94. The maximum Gasteiger partial charge on any atom is 0.253 e. The third-order valence-electron chi connectivity index (χ3n) is 2.44. The summed E-state index contributed by atoms with van der Waals surface area (Å²) in [5, 5.41) is 2.39. The molecule has 1 amide bonds. The van der Waals surface area contributed by atoms with Crippen molar-refractivity contribution in [2.24, 2.45) is 0 Å². The van der Waals surface area contributed by atoms with Crippen LogP contribution in [-0.4, -0.2) is 32.4 Å². The summed E-state index contributed by atoms with van der Waals surface area (Å²) in [6.45, 7) is 1.51. The van der Waals surface area contributed by atoms with Gasteiger partial charge in [0.1, 0.15) is 5.82 Å². The van der Waals surface area contributed by atoms with Gasteiger partial charge in [0, 0.05) is 12.3 Å². The van der Waals surface area contributed by atoms with Crippen LogP contribution in [0.5, 0.6) is 0 Å². The minimum absolute atomic E-state index is 0.00361. The van der Waals surface area contributed by atoms with E-state index in [2.05, 4.69) is 5.32 Å². The monoisotopic (exact) mass is 274 g/mol. The van der Waals surface area contributed by atoms with Crippen molar-refractivity contribution in [2.45, 2.75) is 6.92 Å². The van der Waals surface area contributed by atoms with Crippen molar-refractivity contribution in [3.63, 3.8) is 0 Å². The van der Waals surface area contributed by atoms with Gasteiger partial charge in [-0.15, -0.1) is 0 Å². The van der Waals surface area contributed by atoms with E-state index in [1.54, 1.807) is 0 Å². The molecule has 0 aliphatic heterocycles. The number of amides is 1. The molecule has 0 aliphatic carbocycles. The molecule has 18 heavy (non-hydrogen) atoms. The van der Waals surface area contributed by atoms with Gasteiger partial charge < -0.3 is 11.1 Å². The predicted molar refractivity (Wildman–Crippen MR) is 67.5 cm³/mol. The molecule has 0 aliphatic rings. The van der Waals surface area contributed by atoms with Gasteiger partial charge in [-0.2, -0.15) is 0 Å². The second-order valence-corrected chi connectivity index (χ2v) is 6.17. The molecule has 1 rings (SSSR count). The first-order valence-electron chi connectivity index (χ1n) is 5.40.